The first-order valence-corrected chi connectivity index (χ1v) is 8.68. The first-order chi connectivity index (χ1) is 11.9. The normalized spacial score (nSPS) is 14.2. The summed E-state index contributed by atoms with van der Waals surface area (Å²) in [5.41, 5.74) is 4.53. The van der Waals surface area contributed by atoms with Gasteiger partial charge in [-0.2, -0.15) is 5.10 Å². The van der Waals surface area contributed by atoms with E-state index in [0.717, 1.165) is 34.0 Å². The van der Waals surface area contributed by atoms with Gasteiger partial charge in [-0.1, -0.05) is 0 Å². The number of carbonyl (C=O) groups is 2. The Morgan fingerprint density at radius 2 is 1.92 bits per heavy atom. The number of hydrogen-bond acceptors (Lipinski definition) is 6. The largest absolute Gasteiger partial charge is 0.508 e. The molecular weight excluding hydrogens is 340 g/mol. The second-order valence-electron chi connectivity index (χ2n) is 5.87. The lowest BCUT2D eigenvalue weighted by Gasteiger charge is -2.02. The van der Waals surface area contributed by atoms with Gasteiger partial charge in [-0.15, -0.1) is 11.3 Å². The molecular formula is C17H18N4O3S. The summed E-state index contributed by atoms with van der Waals surface area (Å²) in [5.74, 6) is -1.24. The number of aromatic nitrogens is 1. The maximum absolute atomic E-state index is 11.7. The summed E-state index contributed by atoms with van der Waals surface area (Å²) in [6.07, 6.45) is 1.84. The van der Waals surface area contributed by atoms with Crippen molar-refractivity contribution < 1.29 is 14.7 Å². The third kappa shape index (κ3) is 4.21. The molecule has 130 valence electrons. The van der Waals surface area contributed by atoms with Gasteiger partial charge in [0.1, 0.15) is 10.8 Å². The van der Waals surface area contributed by atoms with E-state index in [4.69, 9.17) is 0 Å². The van der Waals surface area contributed by atoms with Crippen LogP contribution in [0.2, 0.25) is 0 Å². The molecule has 1 fully saturated rings. The lowest BCUT2D eigenvalue weighted by atomic mass is 10.2. The van der Waals surface area contributed by atoms with Crippen LogP contribution in [0.5, 0.6) is 5.75 Å². The minimum absolute atomic E-state index is 0.125. The molecule has 25 heavy (non-hydrogen) atoms. The van der Waals surface area contributed by atoms with Crippen LogP contribution in [0.3, 0.4) is 0 Å². The molecule has 2 aromatic rings. The lowest BCUT2D eigenvalue weighted by molar-refractivity contribution is -0.139. The first-order valence-electron chi connectivity index (χ1n) is 7.86. The van der Waals surface area contributed by atoms with E-state index >= 15 is 0 Å². The van der Waals surface area contributed by atoms with Crippen molar-refractivity contribution in [1.29, 1.82) is 0 Å². The van der Waals surface area contributed by atoms with Gasteiger partial charge < -0.3 is 10.4 Å². The minimum Gasteiger partial charge on any atom is -0.508 e. The highest BCUT2D eigenvalue weighted by atomic mass is 32.1. The number of carbonyl (C=O) groups excluding carboxylic acids is 2. The Morgan fingerprint density at radius 3 is 2.56 bits per heavy atom. The van der Waals surface area contributed by atoms with E-state index < -0.39 is 11.8 Å². The zero-order chi connectivity index (χ0) is 18.0. The standard InChI is InChI=1S/C17H18N4O3S/c1-9-14(25-17(18-9)11-3-7-13(22)8-4-11)10(2)20-21-16(24)15(23)19-12-5-6-12/h3-4,7-8,12,22H,5-6H2,1-2H3,(H,19,23)(H,21,24)/b20-10+. The number of nitrogens with zero attached hydrogens (tertiary/aromatic N) is 2. The summed E-state index contributed by atoms with van der Waals surface area (Å²) in [5, 5.41) is 16.8. The number of phenols is 1. The molecule has 0 unspecified atom stereocenters. The van der Waals surface area contributed by atoms with E-state index in [0.29, 0.717) is 5.71 Å². The van der Waals surface area contributed by atoms with Gasteiger partial charge in [0.25, 0.3) is 0 Å². The maximum Gasteiger partial charge on any atom is 0.329 e. The SMILES string of the molecule is C/C(=N\NC(=O)C(=O)NC1CC1)c1sc(-c2ccc(O)cc2)nc1C. The number of nitrogens with one attached hydrogen (secondary N) is 2. The molecule has 1 heterocycles. The molecule has 1 aromatic carbocycles. The Morgan fingerprint density at radius 1 is 1.24 bits per heavy atom. The van der Waals surface area contributed by atoms with Gasteiger partial charge in [0, 0.05) is 11.6 Å². The molecule has 8 heteroatoms. The number of thiazole rings is 1. The smallest absolute Gasteiger partial charge is 0.329 e. The highest BCUT2D eigenvalue weighted by Gasteiger charge is 2.26. The molecule has 3 N–H and O–H groups in total. The van der Waals surface area contributed by atoms with Crippen molar-refractivity contribution in [2.24, 2.45) is 5.10 Å². The van der Waals surface area contributed by atoms with Crippen molar-refractivity contribution in [3.63, 3.8) is 0 Å². The van der Waals surface area contributed by atoms with Crippen LogP contribution in [0.1, 0.15) is 30.3 Å². The molecule has 1 aliphatic rings. The topological polar surface area (TPSA) is 104 Å². The molecule has 1 aliphatic carbocycles. The fourth-order valence-corrected chi connectivity index (χ4v) is 3.19. The van der Waals surface area contributed by atoms with E-state index in [-0.39, 0.29) is 11.8 Å². The Kier molecular flexibility index (Phi) is 4.80. The molecule has 3 rings (SSSR count). The first kappa shape index (κ1) is 17.1. The molecule has 0 saturated heterocycles. The van der Waals surface area contributed by atoms with Crippen molar-refractivity contribution >= 4 is 28.9 Å². The van der Waals surface area contributed by atoms with Crippen LogP contribution in [0.4, 0.5) is 0 Å². The van der Waals surface area contributed by atoms with Crippen molar-refractivity contribution in [3.05, 3.63) is 34.8 Å². The van der Waals surface area contributed by atoms with Crippen molar-refractivity contribution in [3.8, 4) is 16.3 Å². The number of hydrazone groups is 1. The van der Waals surface area contributed by atoms with Crippen LogP contribution < -0.4 is 10.7 Å². The number of phenolic OH excluding ortho intramolecular Hbond substituents is 1. The summed E-state index contributed by atoms with van der Waals surface area (Å²) in [7, 11) is 0. The maximum atomic E-state index is 11.7. The summed E-state index contributed by atoms with van der Waals surface area (Å²) >= 11 is 1.43. The second kappa shape index (κ2) is 7.02. The number of aryl methyl sites for hydroxylation is 1. The number of amides is 2. The predicted molar refractivity (Wildman–Crippen MR) is 95.5 cm³/mol. The minimum atomic E-state index is -0.771. The second-order valence-corrected chi connectivity index (χ2v) is 6.87. The number of aromatic hydroxyl groups is 1. The number of rotatable bonds is 4. The molecule has 2 amide bonds. The van der Waals surface area contributed by atoms with Gasteiger partial charge >= 0.3 is 11.8 Å². The summed E-state index contributed by atoms with van der Waals surface area (Å²) < 4.78 is 0. The van der Waals surface area contributed by atoms with Crippen molar-refractivity contribution in [1.82, 2.24) is 15.7 Å². The predicted octanol–water partition coefficient (Wildman–Crippen LogP) is 1.94. The van der Waals surface area contributed by atoms with E-state index in [1.165, 1.54) is 11.3 Å². The molecule has 0 bridgehead atoms. The van der Waals surface area contributed by atoms with Crippen LogP contribution in [0.25, 0.3) is 10.6 Å². The molecule has 0 radical (unpaired) electrons. The zero-order valence-electron chi connectivity index (χ0n) is 13.9. The van der Waals surface area contributed by atoms with E-state index in [1.54, 1.807) is 31.2 Å². The highest BCUT2D eigenvalue weighted by Crippen LogP contribution is 2.29. The van der Waals surface area contributed by atoms with Crippen LogP contribution in [-0.2, 0) is 9.59 Å². The lowest BCUT2D eigenvalue weighted by Crippen LogP contribution is -2.39. The quantitative estimate of drug-likeness (QED) is 0.441. The average Bonchev–Trinajstić information content (AvgIpc) is 3.32. The zero-order valence-corrected chi connectivity index (χ0v) is 14.7. The van der Waals surface area contributed by atoms with Crippen LogP contribution in [0, 0.1) is 6.92 Å². The molecule has 0 atom stereocenters. The molecule has 7 nitrogen and oxygen atoms in total. The van der Waals surface area contributed by atoms with Gasteiger partial charge in [-0.3, -0.25) is 9.59 Å². The van der Waals surface area contributed by atoms with Gasteiger partial charge in [-0.25, -0.2) is 10.4 Å². The summed E-state index contributed by atoms with van der Waals surface area (Å²) in [6.45, 7) is 3.61. The van der Waals surface area contributed by atoms with Gasteiger partial charge in [-0.05, 0) is 51.0 Å². The molecule has 1 aromatic heterocycles. The summed E-state index contributed by atoms with van der Waals surface area (Å²) in [4.78, 5) is 28.7. The molecule has 1 saturated carbocycles. The van der Waals surface area contributed by atoms with Crippen molar-refractivity contribution in [2.75, 3.05) is 0 Å². The Balaban J connectivity index is 1.70. The number of hydrogen-bond donors (Lipinski definition) is 3. The monoisotopic (exact) mass is 358 g/mol. The summed E-state index contributed by atoms with van der Waals surface area (Å²) in [6, 6.07) is 6.90. The Hall–Kier alpha value is -2.74. The van der Waals surface area contributed by atoms with Crippen LogP contribution in [0.15, 0.2) is 29.4 Å². The Bertz CT molecular complexity index is 838. The third-order valence-corrected chi connectivity index (χ3v) is 5.00. The third-order valence-electron chi connectivity index (χ3n) is 3.68. The highest BCUT2D eigenvalue weighted by molar-refractivity contribution is 7.17. The van der Waals surface area contributed by atoms with Crippen LogP contribution in [-0.4, -0.2) is 33.7 Å². The molecule has 0 spiro atoms. The van der Waals surface area contributed by atoms with Crippen LogP contribution >= 0.6 is 11.3 Å². The van der Waals surface area contributed by atoms with E-state index in [1.807, 2.05) is 6.92 Å². The van der Waals surface area contributed by atoms with Gasteiger partial charge in [0.05, 0.1) is 16.3 Å². The van der Waals surface area contributed by atoms with Crippen molar-refractivity contribution in [2.45, 2.75) is 32.7 Å². The Labute approximate surface area is 148 Å². The van der Waals surface area contributed by atoms with Gasteiger partial charge in [0.15, 0.2) is 0 Å². The fraction of sp³-hybridized carbons (Fsp3) is 0.294. The molecule has 0 aliphatic heterocycles. The van der Waals surface area contributed by atoms with E-state index in [9.17, 15) is 14.7 Å². The van der Waals surface area contributed by atoms with Gasteiger partial charge in [0.2, 0.25) is 0 Å². The number of benzene rings is 1. The van der Waals surface area contributed by atoms with E-state index in [2.05, 4.69) is 20.8 Å². The fourth-order valence-electron chi connectivity index (χ4n) is 2.17. The average molecular weight is 358 g/mol.